The zero-order chi connectivity index (χ0) is 16.4. The first-order chi connectivity index (χ1) is 11.7. The van der Waals surface area contributed by atoms with Crippen molar-refractivity contribution in [1.82, 2.24) is 20.4 Å². The van der Waals surface area contributed by atoms with Crippen molar-refractivity contribution in [3.8, 4) is 5.75 Å². The molecule has 1 unspecified atom stereocenters. The summed E-state index contributed by atoms with van der Waals surface area (Å²) in [5.74, 6) is 1.97. The average Bonchev–Trinajstić information content (AvgIpc) is 3.31. The van der Waals surface area contributed by atoms with E-state index in [1.807, 2.05) is 12.1 Å². The fourth-order valence-corrected chi connectivity index (χ4v) is 3.80. The molecule has 2 aliphatic rings. The second-order valence-corrected chi connectivity index (χ2v) is 7.05. The Labute approximate surface area is 142 Å². The molecule has 3 heterocycles. The quantitative estimate of drug-likeness (QED) is 0.907. The van der Waals surface area contributed by atoms with Gasteiger partial charge < -0.3 is 14.6 Å². The average molecular weight is 328 g/mol. The molecule has 0 bridgehead atoms. The maximum Gasteiger partial charge on any atom is 0.223 e. The molecule has 0 aliphatic carbocycles. The monoisotopic (exact) mass is 328 g/mol. The number of rotatable bonds is 5. The first-order valence-electron chi connectivity index (χ1n) is 8.65. The van der Waals surface area contributed by atoms with E-state index in [1.54, 1.807) is 6.92 Å². The molecule has 0 amide bonds. The van der Waals surface area contributed by atoms with E-state index >= 15 is 0 Å². The summed E-state index contributed by atoms with van der Waals surface area (Å²) < 4.78 is 10.6. The molecule has 6 nitrogen and oxygen atoms in total. The first-order valence-corrected chi connectivity index (χ1v) is 8.65. The highest BCUT2D eigenvalue weighted by Gasteiger charge is 2.39. The molecule has 1 aromatic carbocycles. The number of likely N-dealkylation sites (tertiary alicyclic amines) is 1. The summed E-state index contributed by atoms with van der Waals surface area (Å²) in [6.45, 7) is 7.91. The summed E-state index contributed by atoms with van der Waals surface area (Å²) in [5, 5.41) is 7.34. The van der Waals surface area contributed by atoms with Crippen molar-refractivity contribution >= 4 is 0 Å². The van der Waals surface area contributed by atoms with Crippen molar-refractivity contribution in [3.63, 3.8) is 0 Å². The standard InChI is InChI=1S/C18H24N4O2/c1-14-20-17(21-24-14)11-23-16-4-2-15(3-5-16)10-22-9-7-18(13-22)6-8-19-12-18/h2-5,19H,6-13H2,1H3. The van der Waals surface area contributed by atoms with Gasteiger partial charge in [0.2, 0.25) is 11.7 Å². The van der Waals surface area contributed by atoms with Crippen molar-refractivity contribution in [3.05, 3.63) is 41.5 Å². The molecule has 2 aliphatic heterocycles. The lowest BCUT2D eigenvalue weighted by Crippen LogP contribution is -2.28. The molecule has 1 aromatic heterocycles. The van der Waals surface area contributed by atoms with Crippen molar-refractivity contribution in [2.24, 2.45) is 5.41 Å². The minimum Gasteiger partial charge on any atom is -0.485 e. The third kappa shape index (κ3) is 3.44. The smallest absolute Gasteiger partial charge is 0.223 e. The molecule has 6 heteroatoms. The van der Waals surface area contributed by atoms with E-state index in [2.05, 4.69) is 32.5 Å². The van der Waals surface area contributed by atoms with Crippen LogP contribution in [-0.2, 0) is 13.2 Å². The second kappa shape index (κ2) is 6.53. The lowest BCUT2D eigenvalue weighted by Gasteiger charge is -2.22. The van der Waals surface area contributed by atoms with Gasteiger partial charge in [-0.1, -0.05) is 17.3 Å². The molecular weight excluding hydrogens is 304 g/mol. The van der Waals surface area contributed by atoms with Crippen molar-refractivity contribution < 1.29 is 9.26 Å². The van der Waals surface area contributed by atoms with E-state index in [4.69, 9.17) is 9.26 Å². The van der Waals surface area contributed by atoms with Gasteiger partial charge in [0, 0.05) is 26.6 Å². The third-order valence-corrected chi connectivity index (χ3v) is 5.12. The molecule has 2 saturated heterocycles. The molecule has 0 saturated carbocycles. The van der Waals surface area contributed by atoms with Gasteiger partial charge in [-0.05, 0) is 49.0 Å². The highest BCUT2D eigenvalue weighted by Crippen LogP contribution is 2.36. The van der Waals surface area contributed by atoms with Gasteiger partial charge in [0.25, 0.3) is 0 Å². The van der Waals surface area contributed by atoms with Gasteiger partial charge in [-0.25, -0.2) is 0 Å². The molecule has 2 fully saturated rings. The van der Waals surface area contributed by atoms with Crippen LogP contribution < -0.4 is 10.1 Å². The molecule has 1 atom stereocenters. The van der Waals surface area contributed by atoms with Crippen LogP contribution >= 0.6 is 0 Å². The van der Waals surface area contributed by atoms with Crippen molar-refractivity contribution in [2.75, 3.05) is 26.2 Å². The number of hydrogen-bond acceptors (Lipinski definition) is 6. The largest absolute Gasteiger partial charge is 0.485 e. The maximum atomic E-state index is 5.70. The van der Waals surface area contributed by atoms with E-state index in [1.165, 1.54) is 44.6 Å². The summed E-state index contributed by atoms with van der Waals surface area (Å²) in [7, 11) is 0. The SMILES string of the molecule is Cc1nc(COc2ccc(CN3CCC4(CCNC4)C3)cc2)no1. The Balaban J connectivity index is 1.29. The Kier molecular flexibility index (Phi) is 4.24. The predicted octanol–water partition coefficient (Wildman–Crippen LogP) is 2.14. The third-order valence-electron chi connectivity index (χ3n) is 5.12. The molecular formula is C18H24N4O2. The molecule has 1 spiro atoms. The van der Waals surface area contributed by atoms with E-state index in [0.717, 1.165) is 12.3 Å². The molecule has 24 heavy (non-hydrogen) atoms. The van der Waals surface area contributed by atoms with Crippen LogP contribution in [0.15, 0.2) is 28.8 Å². The zero-order valence-corrected chi connectivity index (χ0v) is 14.1. The summed E-state index contributed by atoms with van der Waals surface area (Å²) >= 11 is 0. The zero-order valence-electron chi connectivity index (χ0n) is 14.1. The van der Waals surface area contributed by atoms with Crippen LogP contribution in [0.5, 0.6) is 5.75 Å². The molecule has 1 N–H and O–H groups in total. The van der Waals surface area contributed by atoms with Gasteiger partial charge in [-0.2, -0.15) is 4.98 Å². The molecule has 128 valence electrons. The number of aryl methyl sites for hydroxylation is 1. The number of ether oxygens (including phenoxy) is 1. The van der Waals surface area contributed by atoms with E-state index in [0.29, 0.717) is 23.7 Å². The Morgan fingerprint density at radius 2 is 2.17 bits per heavy atom. The number of hydrogen-bond donors (Lipinski definition) is 1. The Morgan fingerprint density at radius 1 is 1.29 bits per heavy atom. The lowest BCUT2D eigenvalue weighted by atomic mass is 9.86. The summed E-state index contributed by atoms with van der Waals surface area (Å²) in [4.78, 5) is 6.71. The van der Waals surface area contributed by atoms with E-state index < -0.39 is 0 Å². The Morgan fingerprint density at radius 3 is 2.88 bits per heavy atom. The van der Waals surface area contributed by atoms with Crippen LogP contribution in [0.4, 0.5) is 0 Å². The van der Waals surface area contributed by atoms with Gasteiger partial charge in [0.05, 0.1) is 0 Å². The normalized spacial score (nSPS) is 24.0. The summed E-state index contributed by atoms with van der Waals surface area (Å²) in [6, 6.07) is 8.33. The van der Waals surface area contributed by atoms with E-state index in [-0.39, 0.29) is 0 Å². The van der Waals surface area contributed by atoms with Crippen molar-refractivity contribution in [1.29, 1.82) is 0 Å². The molecule has 2 aromatic rings. The summed E-state index contributed by atoms with van der Waals surface area (Å²) in [6.07, 6.45) is 2.65. The lowest BCUT2D eigenvalue weighted by molar-refractivity contribution is 0.268. The molecule has 4 rings (SSSR count). The highest BCUT2D eigenvalue weighted by molar-refractivity contribution is 5.27. The van der Waals surface area contributed by atoms with Crippen LogP contribution in [0.1, 0.15) is 30.1 Å². The number of benzene rings is 1. The van der Waals surface area contributed by atoms with Gasteiger partial charge in [0.1, 0.15) is 5.75 Å². The van der Waals surface area contributed by atoms with Crippen molar-refractivity contribution in [2.45, 2.75) is 32.9 Å². The maximum absolute atomic E-state index is 5.70. The minimum absolute atomic E-state index is 0.332. The van der Waals surface area contributed by atoms with Crippen LogP contribution in [-0.4, -0.2) is 41.2 Å². The predicted molar refractivity (Wildman–Crippen MR) is 89.6 cm³/mol. The fourth-order valence-electron chi connectivity index (χ4n) is 3.80. The number of nitrogens with one attached hydrogen (secondary N) is 1. The Hall–Kier alpha value is -1.92. The minimum atomic E-state index is 0.332. The highest BCUT2D eigenvalue weighted by atomic mass is 16.5. The van der Waals surface area contributed by atoms with Crippen LogP contribution in [0.2, 0.25) is 0 Å². The van der Waals surface area contributed by atoms with Crippen LogP contribution in [0.25, 0.3) is 0 Å². The number of nitrogens with zero attached hydrogens (tertiary/aromatic N) is 3. The topological polar surface area (TPSA) is 63.4 Å². The first kappa shape index (κ1) is 15.6. The number of aromatic nitrogens is 2. The van der Waals surface area contributed by atoms with Gasteiger partial charge in [-0.3, -0.25) is 4.90 Å². The van der Waals surface area contributed by atoms with Crippen LogP contribution in [0.3, 0.4) is 0 Å². The van der Waals surface area contributed by atoms with E-state index in [9.17, 15) is 0 Å². The second-order valence-electron chi connectivity index (χ2n) is 7.05. The van der Waals surface area contributed by atoms with Gasteiger partial charge >= 0.3 is 0 Å². The van der Waals surface area contributed by atoms with Crippen LogP contribution in [0, 0.1) is 12.3 Å². The fraction of sp³-hybridized carbons (Fsp3) is 0.556. The van der Waals surface area contributed by atoms with Gasteiger partial charge in [-0.15, -0.1) is 0 Å². The van der Waals surface area contributed by atoms with Gasteiger partial charge in [0.15, 0.2) is 6.61 Å². The Bertz CT molecular complexity index is 677. The molecule has 0 radical (unpaired) electrons. The summed E-state index contributed by atoms with van der Waals surface area (Å²) in [5.41, 5.74) is 1.87.